The summed E-state index contributed by atoms with van der Waals surface area (Å²) in [7, 11) is 0. The zero-order chi connectivity index (χ0) is 14.2. The van der Waals surface area contributed by atoms with Crippen molar-refractivity contribution in [3.63, 3.8) is 0 Å². The predicted molar refractivity (Wildman–Crippen MR) is 79.6 cm³/mol. The van der Waals surface area contributed by atoms with Crippen LogP contribution >= 0.6 is 11.6 Å². The lowest BCUT2D eigenvalue weighted by molar-refractivity contribution is 0.240. The Kier molecular flexibility index (Phi) is 5.38. The van der Waals surface area contributed by atoms with Crippen LogP contribution in [0.25, 0.3) is 0 Å². The van der Waals surface area contributed by atoms with Gasteiger partial charge in [0.25, 0.3) is 0 Å². The molecule has 104 valence electrons. The molecule has 0 spiro atoms. The summed E-state index contributed by atoms with van der Waals surface area (Å²) in [5, 5.41) is 6.32. The first-order valence-corrected chi connectivity index (χ1v) is 6.77. The minimum atomic E-state index is -0.186. The van der Waals surface area contributed by atoms with E-state index in [9.17, 15) is 4.79 Å². The van der Waals surface area contributed by atoms with Crippen molar-refractivity contribution in [1.29, 1.82) is 0 Å². The smallest absolute Gasteiger partial charge is 0.315 e. The maximum Gasteiger partial charge on any atom is 0.315 e. The summed E-state index contributed by atoms with van der Waals surface area (Å²) >= 11 is 6.05. The van der Waals surface area contributed by atoms with E-state index in [1.165, 1.54) is 0 Å². The van der Waals surface area contributed by atoms with Crippen LogP contribution in [0.5, 0.6) is 0 Å². The largest absolute Gasteiger partial charge is 0.338 e. The van der Waals surface area contributed by atoms with Crippen LogP contribution in [0.15, 0.2) is 48.8 Å². The van der Waals surface area contributed by atoms with E-state index in [-0.39, 0.29) is 6.03 Å². The van der Waals surface area contributed by atoms with Crippen LogP contribution < -0.4 is 10.6 Å². The quantitative estimate of drug-likeness (QED) is 0.889. The molecule has 0 bridgehead atoms. The second-order valence-corrected chi connectivity index (χ2v) is 4.71. The molecule has 1 heterocycles. The summed E-state index contributed by atoms with van der Waals surface area (Å²) < 4.78 is 0. The van der Waals surface area contributed by atoms with Gasteiger partial charge in [0.05, 0.1) is 0 Å². The Morgan fingerprint density at radius 1 is 1.10 bits per heavy atom. The SMILES string of the molecule is O=C(NCCc1ccccc1Cl)NCc1ccncc1. The number of carbonyl (C=O) groups is 1. The molecule has 0 saturated heterocycles. The van der Waals surface area contributed by atoms with Crippen LogP contribution in [0.3, 0.4) is 0 Å². The van der Waals surface area contributed by atoms with Gasteiger partial charge in [-0.15, -0.1) is 0 Å². The number of amides is 2. The standard InChI is InChI=1S/C15H16ClN3O/c16-14-4-2-1-3-13(14)7-10-18-15(20)19-11-12-5-8-17-9-6-12/h1-6,8-9H,7,10-11H2,(H2,18,19,20). The number of pyridine rings is 1. The van der Waals surface area contributed by atoms with Crippen molar-refractivity contribution in [2.45, 2.75) is 13.0 Å². The molecule has 0 radical (unpaired) electrons. The van der Waals surface area contributed by atoms with Gasteiger partial charge in [0.15, 0.2) is 0 Å². The molecule has 1 aromatic carbocycles. The second kappa shape index (κ2) is 7.50. The topological polar surface area (TPSA) is 54.0 Å². The molecule has 4 nitrogen and oxygen atoms in total. The number of nitrogens with zero attached hydrogens (tertiary/aromatic N) is 1. The fraction of sp³-hybridized carbons (Fsp3) is 0.200. The van der Waals surface area contributed by atoms with Gasteiger partial charge in [-0.2, -0.15) is 0 Å². The van der Waals surface area contributed by atoms with E-state index in [0.29, 0.717) is 19.5 Å². The normalized spacial score (nSPS) is 10.1. The monoisotopic (exact) mass is 289 g/mol. The van der Waals surface area contributed by atoms with E-state index in [4.69, 9.17) is 11.6 Å². The molecule has 0 fully saturated rings. The van der Waals surface area contributed by atoms with Crippen LogP contribution in [-0.4, -0.2) is 17.6 Å². The van der Waals surface area contributed by atoms with Gasteiger partial charge in [-0.05, 0) is 35.7 Å². The van der Waals surface area contributed by atoms with Crippen molar-refractivity contribution in [3.05, 3.63) is 64.9 Å². The van der Waals surface area contributed by atoms with E-state index in [1.807, 2.05) is 36.4 Å². The summed E-state index contributed by atoms with van der Waals surface area (Å²) in [4.78, 5) is 15.5. The highest BCUT2D eigenvalue weighted by Crippen LogP contribution is 2.14. The van der Waals surface area contributed by atoms with Crippen molar-refractivity contribution in [1.82, 2.24) is 15.6 Å². The van der Waals surface area contributed by atoms with Crippen LogP contribution in [-0.2, 0) is 13.0 Å². The Morgan fingerprint density at radius 2 is 1.85 bits per heavy atom. The molecule has 5 heteroatoms. The molecule has 0 atom stereocenters. The van der Waals surface area contributed by atoms with Gasteiger partial charge >= 0.3 is 6.03 Å². The average Bonchev–Trinajstić information content (AvgIpc) is 2.48. The number of aromatic nitrogens is 1. The summed E-state index contributed by atoms with van der Waals surface area (Å²) in [6.07, 6.45) is 4.11. The van der Waals surface area contributed by atoms with Crippen LogP contribution in [0, 0.1) is 0 Å². The number of rotatable bonds is 5. The number of halogens is 1. The van der Waals surface area contributed by atoms with Gasteiger partial charge in [-0.25, -0.2) is 4.79 Å². The Bertz CT molecular complexity index is 560. The maximum absolute atomic E-state index is 11.6. The van der Waals surface area contributed by atoms with Gasteiger partial charge in [0.1, 0.15) is 0 Å². The first kappa shape index (κ1) is 14.3. The third-order valence-electron chi connectivity index (χ3n) is 2.84. The molecule has 0 aliphatic heterocycles. The summed E-state index contributed by atoms with van der Waals surface area (Å²) in [5.41, 5.74) is 2.05. The highest BCUT2D eigenvalue weighted by molar-refractivity contribution is 6.31. The van der Waals surface area contributed by atoms with Crippen molar-refractivity contribution in [2.24, 2.45) is 0 Å². The van der Waals surface area contributed by atoms with E-state index < -0.39 is 0 Å². The molecular weight excluding hydrogens is 274 g/mol. The minimum Gasteiger partial charge on any atom is -0.338 e. The van der Waals surface area contributed by atoms with Gasteiger partial charge in [0, 0.05) is 30.5 Å². The van der Waals surface area contributed by atoms with Crippen molar-refractivity contribution in [2.75, 3.05) is 6.54 Å². The number of hydrogen-bond donors (Lipinski definition) is 2. The van der Waals surface area contributed by atoms with Gasteiger partial charge < -0.3 is 10.6 Å². The third kappa shape index (κ3) is 4.55. The third-order valence-corrected chi connectivity index (χ3v) is 3.21. The first-order chi connectivity index (χ1) is 9.75. The molecule has 0 unspecified atom stereocenters. The number of benzene rings is 1. The summed E-state index contributed by atoms with van der Waals surface area (Å²) in [6, 6.07) is 11.2. The molecule has 20 heavy (non-hydrogen) atoms. The molecule has 0 saturated carbocycles. The highest BCUT2D eigenvalue weighted by Gasteiger charge is 2.02. The Morgan fingerprint density at radius 3 is 2.60 bits per heavy atom. The van der Waals surface area contributed by atoms with Gasteiger partial charge in [-0.3, -0.25) is 4.98 Å². The molecule has 0 aliphatic carbocycles. The molecule has 0 aliphatic rings. The zero-order valence-corrected chi connectivity index (χ0v) is 11.7. The van der Waals surface area contributed by atoms with Crippen molar-refractivity contribution >= 4 is 17.6 Å². The highest BCUT2D eigenvalue weighted by atomic mass is 35.5. The van der Waals surface area contributed by atoms with E-state index >= 15 is 0 Å². The lowest BCUT2D eigenvalue weighted by Crippen LogP contribution is -2.36. The fourth-order valence-electron chi connectivity index (χ4n) is 1.76. The van der Waals surface area contributed by atoms with Crippen molar-refractivity contribution in [3.8, 4) is 0 Å². The first-order valence-electron chi connectivity index (χ1n) is 6.40. The Hall–Kier alpha value is -2.07. The Balaban J connectivity index is 1.69. The van der Waals surface area contributed by atoms with Crippen LogP contribution in [0.2, 0.25) is 5.02 Å². The average molecular weight is 290 g/mol. The lowest BCUT2D eigenvalue weighted by Gasteiger charge is -2.08. The summed E-state index contributed by atoms with van der Waals surface area (Å²) in [5.74, 6) is 0. The lowest BCUT2D eigenvalue weighted by atomic mass is 10.1. The molecule has 2 aromatic rings. The number of carbonyl (C=O) groups excluding carboxylic acids is 1. The zero-order valence-electron chi connectivity index (χ0n) is 11.0. The fourth-order valence-corrected chi connectivity index (χ4v) is 1.99. The van der Waals surface area contributed by atoms with Gasteiger partial charge in [-0.1, -0.05) is 29.8 Å². The van der Waals surface area contributed by atoms with Gasteiger partial charge in [0.2, 0.25) is 0 Å². The molecular formula is C15H16ClN3O. The van der Waals surface area contributed by atoms with E-state index in [0.717, 1.165) is 16.1 Å². The maximum atomic E-state index is 11.6. The number of urea groups is 1. The summed E-state index contributed by atoms with van der Waals surface area (Å²) in [6.45, 7) is 1.03. The molecule has 1 aromatic heterocycles. The number of hydrogen-bond acceptors (Lipinski definition) is 2. The minimum absolute atomic E-state index is 0.186. The molecule has 2 N–H and O–H groups in total. The van der Waals surface area contributed by atoms with E-state index in [2.05, 4.69) is 15.6 Å². The molecule has 2 amide bonds. The van der Waals surface area contributed by atoms with E-state index in [1.54, 1.807) is 12.4 Å². The van der Waals surface area contributed by atoms with Crippen LogP contribution in [0.1, 0.15) is 11.1 Å². The second-order valence-electron chi connectivity index (χ2n) is 4.31. The number of nitrogens with one attached hydrogen (secondary N) is 2. The van der Waals surface area contributed by atoms with Crippen LogP contribution in [0.4, 0.5) is 4.79 Å². The predicted octanol–water partition coefficient (Wildman–Crippen LogP) is 2.78. The Labute approximate surface area is 123 Å². The molecule has 2 rings (SSSR count). The van der Waals surface area contributed by atoms with Crippen molar-refractivity contribution < 1.29 is 4.79 Å².